The van der Waals surface area contributed by atoms with Crippen molar-refractivity contribution in [1.82, 2.24) is 10.3 Å². The fourth-order valence-electron chi connectivity index (χ4n) is 3.46. The molecule has 1 spiro atoms. The van der Waals surface area contributed by atoms with Gasteiger partial charge in [-0.15, -0.1) is 0 Å². The summed E-state index contributed by atoms with van der Waals surface area (Å²) in [5.41, 5.74) is 0.586. The van der Waals surface area contributed by atoms with Crippen molar-refractivity contribution in [2.24, 2.45) is 5.41 Å². The van der Waals surface area contributed by atoms with Gasteiger partial charge in [0.05, 0.1) is 6.61 Å². The smallest absolute Gasteiger partial charge is 0.360 e. The molecule has 6 nitrogen and oxygen atoms in total. The number of ether oxygens (including phenoxy) is 1. The Labute approximate surface area is 124 Å². The minimum Gasteiger partial charge on any atom is -0.461 e. The van der Waals surface area contributed by atoms with Gasteiger partial charge >= 0.3 is 5.97 Å². The molecule has 1 atom stereocenters. The standard InChI is InChI=1S/C15H23N3O3/c1-2-20-13(19)12-9-21-14(17-12)18-8-4-6-15(11-18)5-3-7-16-10-15/h9,16H,2-8,10-11H2,1H3. The predicted molar refractivity (Wildman–Crippen MR) is 78.4 cm³/mol. The summed E-state index contributed by atoms with van der Waals surface area (Å²) in [5.74, 6) is -0.418. The van der Waals surface area contributed by atoms with Crippen LogP contribution in [-0.2, 0) is 4.74 Å². The van der Waals surface area contributed by atoms with Crippen LogP contribution in [0.3, 0.4) is 0 Å². The summed E-state index contributed by atoms with van der Waals surface area (Å²) in [5, 5.41) is 3.51. The molecule has 1 aromatic heterocycles. The molecule has 0 bridgehead atoms. The van der Waals surface area contributed by atoms with Crippen LogP contribution in [0.1, 0.15) is 43.1 Å². The number of rotatable bonds is 3. The van der Waals surface area contributed by atoms with Crippen molar-refractivity contribution in [3.05, 3.63) is 12.0 Å². The van der Waals surface area contributed by atoms with Gasteiger partial charge in [0.2, 0.25) is 0 Å². The summed E-state index contributed by atoms with van der Waals surface area (Å²) < 4.78 is 10.4. The average Bonchev–Trinajstić information content (AvgIpc) is 2.98. The lowest BCUT2D eigenvalue weighted by Gasteiger charge is -2.44. The normalized spacial score (nSPS) is 26.0. The Morgan fingerprint density at radius 1 is 1.52 bits per heavy atom. The second kappa shape index (κ2) is 6.05. The molecule has 116 valence electrons. The van der Waals surface area contributed by atoms with E-state index in [1.165, 1.54) is 25.5 Å². The van der Waals surface area contributed by atoms with E-state index in [4.69, 9.17) is 9.15 Å². The minimum atomic E-state index is -0.418. The molecular weight excluding hydrogens is 270 g/mol. The topological polar surface area (TPSA) is 67.6 Å². The van der Waals surface area contributed by atoms with Crippen molar-refractivity contribution in [2.45, 2.75) is 32.6 Å². The third-order valence-corrected chi connectivity index (χ3v) is 4.47. The molecule has 21 heavy (non-hydrogen) atoms. The molecule has 2 aliphatic heterocycles. The summed E-state index contributed by atoms with van der Waals surface area (Å²) in [6.45, 7) is 6.19. The van der Waals surface area contributed by atoms with Gasteiger partial charge in [-0.1, -0.05) is 0 Å². The van der Waals surface area contributed by atoms with Crippen molar-refractivity contribution >= 4 is 12.0 Å². The van der Waals surface area contributed by atoms with Crippen LogP contribution in [0.5, 0.6) is 0 Å². The van der Waals surface area contributed by atoms with E-state index in [1.807, 2.05) is 0 Å². The van der Waals surface area contributed by atoms with Gasteiger partial charge in [0, 0.05) is 25.0 Å². The van der Waals surface area contributed by atoms with Crippen LogP contribution < -0.4 is 10.2 Å². The van der Waals surface area contributed by atoms with Crippen molar-refractivity contribution < 1.29 is 13.9 Å². The highest BCUT2D eigenvalue weighted by Crippen LogP contribution is 2.37. The number of hydrogen-bond donors (Lipinski definition) is 1. The maximum Gasteiger partial charge on any atom is 0.360 e. The quantitative estimate of drug-likeness (QED) is 0.857. The fourth-order valence-corrected chi connectivity index (χ4v) is 3.46. The SMILES string of the molecule is CCOC(=O)c1coc(N2CCCC3(CCCNC3)C2)n1. The van der Waals surface area contributed by atoms with Crippen molar-refractivity contribution in [1.29, 1.82) is 0 Å². The first-order valence-corrected chi connectivity index (χ1v) is 7.81. The number of aromatic nitrogens is 1. The Morgan fingerprint density at radius 2 is 2.38 bits per heavy atom. The van der Waals surface area contributed by atoms with E-state index in [2.05, 4.69) is 15.2 Å². The molecule has 2 fully saturated rings. The Kier molecular flexibility index (Phi) is 4.14. The first-order chi connectivity index (χ1) is 10.2. The number of esters is 1. The highest BCUT2D eigenvalue weighted by molar-refractivity contribution is 5.87. The zero-order valence-corrected chi connectivity index (χ0v) is 12.6. The molecule has 6 heteroatoms. The Balaban J connectivity index is 1.70. The van der Waals surface area contributed by atoms with Crippen LogP contribution in [-0.4, -0.2) is 43.7 Å². The second-order valence-corrected chi connectivity index (χ2v) is 6.04. The van der Waals surface area contributed by atoms with Gasteiger partial charge in [-0.3, -0.25) is 0 Å². The molecule has 0 amide bonds. The molecule has 0 saturated carbocycles. The predicted octanol–water partition coefficient (Wildman–Crippen LogP) is 1.82. The van der Waals surface area contributed by atoms with Crippen molar-refractivity contribution in [2.75, 3.05) is 37.7 Å². The number of oxazole rings is 1. The number of hydrogen-bond acceptors (Lipinski definition) is 6. The summed E-state index contributed by atoms with van der Waals surface area (Å²) >= 11 is 0. The monoisotopic (exact) mass is 293 g/mol. The minimum absolute atomic E-state index is 0.258. The van der Waals surface area contributed by atoms with E-state index in [1.54, 1.807) is 6.92 Å². The maximum absolute atomic E-state index is 11.7. The summed E-state index contributed by atoms with van der Waals surface area (Å²) in [6, 6.07) is 0.544. The summed E-state index contributed by atoms with van der Waals surface area (Å²) in [4.78, 5) is 18.1. The van der Waals surface area contributed by atoms with Crippen LogP contribution in [0, 0.1) is 5.41 Å². The fraction of sp³-hybridized carbons (Fsp3) is 0.733. The zero-order chi connectivity index (χ0) is 14.7. The number of nitrogens with zero attached hydrogens (tertiary/aromatic N) is 2. The van der Waals surface area contributed by atoms with Gasteiger partial charge in [0.1, 0.15) is 6.26 Å². The van der Waals surface area contributed by atoms with Gasteiger partial charge in [-0.25, -0.2) is 4.79 Å². The molecule has 0 aliphatic carbocycles. The van der Waals surface area contributed by atoms with Crippen LogP contribution in [0.2, 0.25) is 0 Å². The molecular formula is C15H23N3O3. The van der Waals surface area contributed by atoms with Crippen LogP contribution in [0.25, 0.3) is 0 Å². The average molecular weight is 293 g/mol. The Bertz CT molecular complexity index is 489. The number of anilines is 1. The van der Waals surface area contributed by atoms with Gasteiger partial charge in [0.25, 0.3) is 6.01 Å². The van der Waals surface area contributed by atoms with Crippen LogP contribution in [0.4, 0.5) is 6.01 Å². The second-order valence-electron chi connectivity index (χ2n) is 6.04. The molecule has 1 aromatic rings. The van der Waals surface area contributed by atoms with Gasteiger partial charge in [-0.05, 0) is 39.2 Å². The Morgan fingerprint density at radius 3 is 3.14 bits per heavy atom. The van der Waals surface area contributed by atoms with Crippen molar-refractivity contribution in [3.63, 3.8) is 0 Å². The van der Waals surface area contributed by atoms with E-state index in [-0.39, 0.29) is 5.69 Å². The first-order valence-electron chi connectivity index (χ1n) is 7.81. The van der Waals surface area contributed by atoms with Gasteiger partial charge in [0.15, 0.2) is 5.69 Å². The lowest BCUT2D eigenvalue weighted by molar-refractivity contribution is 0.0519. The Hall–Kier alpha value is -1.56. The number of carbonyl (C=O) groups is 1. The third kappa shape index (κ3) is 3.05. The third-order valence-electron chi connectivity index (χ3n) is 4.47. The molecule has 3 rings (SSSR count). The number of piperidine rings is 2. The molecule has 1 N–H and O–H groups in total. The summed E-state index contributed by atoms with van der Waals surface area (Å²) in [6.07, 6.45) is 6.27. The van der Waals surface area contributed by atoms with Crippen molar-refractivity contribution in [3.8, 4) is 0 Å². The molecule has 2 saturated heterocycles. The number of carbonyl (C=O) groups excluding carboxylic acids is 1. The molecule has 3 heterocycles. The zero-order valence-electron chi connectivity index (χ0n) is 12.6. The maximum atomic E-state index is 11.7. The molecule has 0 radical (unpaired) electrons. The van der Waals surface area contributed by atoms with E-state index in [0.717, 1.165) is 32.6 Å². The van der Waals surface area contributed by atoms with E-state index in [0.29, 0.717) is 18.0 Å². The lowest BCUT2D eigenvalue weighted by atomic mass is 9.74. The lowest BCUT2D eigenvalue weighted by Crippen LogP contribution is -2.51. The highest BCUT2D eigenvalue weighted by atomic mass is 16.5. The molecule has 0 aromatic carbocycles. The molecule has 2 aliphatic rings. The molecule has 1 unspecified atom stereocenters. The van der Waals surface area contributed by atoms with E-state index < -0.39 is 5.97 Å². The number of nitrogens with one attached hydrogen (secondary N) is 1. The summed E-state index contributed by atoms with van der Waals surface area (Å²) in [7, 11) is 0. The first kappa shape index (κ1) is 14.4. The highest BCUT2D eigenvalue weighted by Gasteiger charge is 2.37. The van der Waals surface area contributed by atoms with E-state index in [9.17, 15) is 4.79 Å². The largest absolute Gasteiger partial charge is 0.461 e. The van der Waals surface area contributed by atoms with Crippen LogP contribution >= 0.6 is 0 Å². The van der Waals surface area contributed by atoms with Gasteiger partial charge in [-0.2, -0.15) is 4.98 Å². The van der Waals surface area contributed by atoms with Crippen LogP contribution in [0.15, 0.2) is 10.7 Å². The van der Waals surface area contributed by atoms with Gasteiger partial charge < -0.3 is 19.4 Å². The van der Waals surface area contributed by atoms with E-state index >= 15 is 0 Å².